The van der Waals surface area contributed by atoms with Gasteiger partial charge in [-0.05, 0) is 68.0 Å². The highest BCUT2D eigenvalue weighted by molar-refractivity contribution is 5.36. The molecule has 3 unspecified atom stereocenters. The monoisotopic (exact) mass is 284 g/mol. The summed E-state index contributed by atoms with van der Waals surface area (Å²) < 4.78 is 0. The first-order valence-corrected chi connectivity index (χ1v) is 8.68. The zero-order valence-electron chi connectivity index (χ0n) is 13.2. The second kappa shape index (κ2) is 5.10. The van der Waals surface area contributed by atoms with Crippen LogP contribution >= 0.6 is 0 Å². The topological polar surface area (TPSA) is 29.3 Å². The van der Waals surface area contributed by atoms with Gasteiger partial charge in [0.1, 0.15) is 0 Å². The van der Waals surface area contributed by atoms with Gasteiger partial charge < -0.3 is 5.73 Å². The van der Waals surface area contributed by atoms with E-state index < -0.39 is 0 Å². The molecule has 0 radical (unpaired) electrons. The SMILES string of the molecule is CN(CC1CC2CCC1C2)C1(CN)Cc2ccccc2C1. The van der Waals surface area contributed by atoms with E-state index in [4.69, 9.17) is 5.73 Å². The van der Waals surface area contributed by atoms with Gasteiger partial charge >= 0.3 is 0 Å². The fourth-order valence-electron chi connectivity index (χ4n) is 5.39. The third-order valence-electron chi connectivity index (χ3n) is 6.74. The molecular weight excluding hydrogens is 256 g/mol. The van der Waals surface area contributed by atoms with Gasteiger partial charge in [0.25, 0.3) is 0 Å². The molecule has 2 bridgehead atoms. The fourth-order valence-corrected chi connectivity index (χ4v) is 5.39. The van der Waals surface area contributed by atoms with Crippen molar-refractivity contribution in [3.63, 3.8) is 0 Å². The van der Waals surface area contributed by atoms with Gasteiger partial charge in [-0.3, -0.25) is 4.90 Å². The number of nitrogens with two attached hydrogens (primary N) is 1. The average Bonchev–Trinajstić information content (AvgIpc) is 3.20. The second-order valence-corrected chi connectivity index (χ2v) is 7.87. The molecule has 3 aliphatic rings. The van der Waals surface area contributed by atoms with Crippen LogP contribution in [0.1, 0.15) is 36.8 Å². The standard InChI is InChI=1S/C19H28N2/c1-21(12-18-9-14-6-7-15(18)8-14)19(13-20)10-16-4-2-3-5-17(16)11-19/h2-5,14-15,18H,6-13,20H2,1H3. The Hall–Kier alpha value is -0.860. The molecule has 0 spiro atoms. The number of rotatable bonds is 4. The van der Waals surface area contributed by atoms with Crippen molar-refractivity contribution >= 4 is 0 Å². The van der Waals surface area contributed by atoms with Crippen molar-refractivity contribution in [3.8, 4) is 0 Å². The van der Waals surface area contributed by atoms with Crippen molar-refractivity contribution in [1.82, 2.24) is 4.90 Å². The van der Waals surface area contributed by atoms with Crippen LogP contribution in [0.5, 0.6) is 0 Å². The Labute approximate surface area is 128 Å². The maximum atomic E-state index is 6.26. The van der Waals surface area contributed by atoms with Crippen LogP contribution in [0, 0.1) is 17.8 Å². The first kappa shape index (κ1) is 13.8. The summed E-state index contributed by atoms with van der Waals surface area (Å²) >= 11 is 0. The molecule has 0 heterocycles. The molecule has 0 amide bonds. The number of hydrogen-bond acceptors (Lipinski definition) is 2. The minimum Gasteiger partial charge on any atom is -0.329 e. The summed E-state index contributed by atoms with van der Waals surface area (Å²) in [6, 6.07) is 8.92. The third kappa shape index (κ3) is 2.24. The molecule has 3 aliphatic carbocycles. The lowest BCUT2D eigenvalue weighted by atomic mass is 9.86. The van der Waals surface area contributed by atoms with Gasteiger partial charge in [-0.1, -0.05) is 30.7 Å². The number of hydrogen-bond donors (Lipinski definition) is 1. The van der Waals surface area contributed by atoms with Gasteiger partial charge in [-0.25, -0.2) is 0 Å². The summed E-state index contributed by atoms with van der Waals surface area (Å²) in [6.45, 7) is 2.03. The molecule has 2 fully saturated rings. The number of likely N-dealkylation sites (N-methyl/N-ethyl adjacent to an activating group) is 1. The van der Waals surface area contributed by atoms with E-state index in [1.165, 1.54) is 43.4 Å². The van der Waals surface area contributed by atoms with Crippen LogP contribution in [-0.2, 0) is 12.8 Å². The van der Waals surface area contributed by atoms with E-state index in [-0.39, 0.29) is 5.54 Å². The van der Waals surface area contributed by atoms with Crippen molar-refractivity contribution in [2.75, 3.05) is 20.1 Å². The molecule has 21 heavy (non-hydrogen) atoms. The highest BCUT2D eigenvalue weighted by Gasteiger charge is 2.44. The van der Waals surface area contributed by atoms with Crippen LogP contribution in [0.2, 0.25) is 0 Å². The highest BCUT2D eigenvalue weighted by atomic mass is 15.2. The Morgan fingerprint density at radius 3 is 2.38 bits per heavy atom. The van der Waals surface area contributed by atoms with Crippen LogP contribution in [0.15, 0.2) is 24.3 Å². The maximum Gasteiger partial charge on any atom is 0.0409 e. The third-order valence-corrected chi connectivity index (χ3v) is 6.74. The lowest BCUT2D eigenvalue weighted by Crippen LogP contribution is -2.54. The molecule has 0 aromatic heterocycles. The smallest absolute Gasteiger partial charge is 0.0409 e. The maximum absolute atomic E-state index is 6.26. The van der Waals surface area contributed by atoms with Crippen LogP contribution in [0.25, 0.3) is 0 Å². The summed E-state index contributed by atoms with van der Waals surface area (Å²) in [7, 11) is 2.32. The van der Waals surface area contributed by atoms with Crippen LogP contribution in [0.3, 0.4) is 0 Å². The van der Waals surface area contributed by atoms with Crippen LogP contribution < -0.4 is 5.73 Å². The fraction of sp³-hybridized carbons (Fsp3) is 0.684. The lowest BCUT2D eigenvalue weighted by molar-refractivity contribution is 0.0982. The highest BCUT2D eigenvalue weighted by Crippen LogP contribution is 2.49. The van der Waals surface area contributed by atoms with Crippen molar-refractivity contribution in [1.29, 1.82) is 0 Å². The Kier molecular flexibility index (Phi) is 3.35. The summed E-state index contributed by atoms with van der Waals surface area (Å²) in [5, 5.41) is 0. The van der Waals surface area contributed by atoms with Gasteiger partial charge in [-0.2, -0.15) is 0 Å². The van der Waals surface area contributed by atoms with E-state index in [0.29, 0.717) is 0 Å². The summed E-state index contributed by atoms with van der Waals surface area (Å²) in [6.07, 6.45) is 8.24. The lowest BCUT2D eigenvalue weighted by Gasteiger charge is -2.40. The molecule has 4 rings (SSSR count). The number of fused-ring (bicyclic) bond motifs is 3. The number of nitrogens with zero attached hydrogens (tertiary/aromatic N) is 1. The van der Waals surface area contributed by atoms with Crippen molar-refractivity contribution in [2.45, 2.75) is 44.1 Å². The minimum absolute atomic E-state index is 0.172. The van der Waals surface area contributed by atoms with E-state index >= 15 is 0 Å². The zero-order valence-corrected chi connectivity index (χ0v) is 13.2. The minimum atomic E-state index is 0.172. The summed E-state index contributed by atoms with van der Waals surface area (Å²) in [5.41, 5.74) is 9.46. The molecule has 2 saturated carbocycles. The Bertz CT molecular complexity index is 499. The molecule has 0 aliphatic heterocycles. The normalized spacial score (nSPS) is 32.8. The first-order valence-electron chi connectivity index (χ1n) is 8.68. The predicted molar refractivity (Wildman–Crippen MR) is 87.2 cm³/mol. The molecule has 2 nitrogen and oxygen atoms in total. The average molecular weight is 284 g/mol. The first-order chi connectivity index (χ1) is 10.2. The Morgan fingerprint density at radius 2 is 1.86 bits per heavy atom. The summed E-state index contributed by atoms with van der Waals surface area (Å²) in [5.74, 6) is 2.99. The van der Waals surface area contributed by atoms with E-state index in [0.717, 1.165) is 37.1 Å². The zero-order chi connectivity index (χ0) is 14.4. The van der Waals surface area contributed by atoms with Gasteiger partial charge in [0.05, 0.1) is 0 Å². The van der Waals surface area contributed by atoms with Crippen LogP contribution in [-0.4, -0.2) is 30.6 Å². The Balaban J connectivity index is 1.49. The molecule has 114 valence electrons. The van der Waals surface area contributed by atoms with Crippen molar-refractivity contribution < 1.29 is 0 Å². The second-order valence-electron chi connectivity index (χ2n) is 7.87. The van der Waals surface area contributed by atoms with Gasteiger partial charge in [-0.15, -0.1) is 0 Å². The van der Waals surface area contributed by atoms with Crippen molar-refractivity contribution in [3.05, 3.63) is 35.4 Å². The molecule has 0 saturated heterocycles. The molecule has 2 N–H and O–H groups in total. The molecular formula is C19H28N2. The molecule has 1 aromatic rings. The quantitative estimate of drug-likeness (QED) is 0.921. The predicted octanol–water partition coefficient (Wildman–Crippen LogP) is 2.85. The molecule has 2 heteroatoms. The number of benzene rings is 1. The van der Waals surface area contributed by atoms with Gasteiger partial charge in [0.2, 0.25) is 0 Å². The van der Waals surface area contributed by atoms with E-state index in [1.54, 1.807) is 0 Å². The Morgan fingerprint density at radius 1 is 1.14 bits per heavy atom. The van der Waals surface area contributed by atoms with Crippen molar-refractivity contribution in [2.24, 2.45) is 23.5 Å². The van der Waals surface area contributed by atoms with E-state index in [9.17, 15) is 0 Å². The van der Waals surface area contributed by atoms with E-state index in [2.05, 4.69) is 36.2 Å². The summed E-state index contributed by atoms with van der Waals surface area (Å²) in [4.78, 5) is 2.62. The van der Waals surface area contributed by atoms with E-state index in [1.807, 2.05) is 0 Å². The largest absolute Gasteiger partial charge is 0.329 e. The molecule has 1 aromatic carbocycles. The van der Waals surface area contributed by atoms with Gasteiger partial charge in [0.15, 0.2) is 0 Å². The van der Waals surface area contributed by atoms with Gasteiger partial charge in [0, 0.05) is 18.6 Å². The molecule has 3 atom stereocenters. The van der Waals surface area contributed by atoms with Crippen LogP contribution in [0.4, 0.5) is 0 Å².